The topological polar surface area (TPSA) is 117 Å². The number of carbonyl (C=O) groups excluding carboxylic acids is 1. The van der Waals surface area contributed by atoms with E-state index in [2.05, 4.69) is 10.3 Å². The number of carbonyl (C=O) groups is 2. The van der Waals surface area contributed by atoms with Crippen molar-refractivity contribution >= 4 is 32.8 Å². The minimum Gasteiger partial charge on any atom is -0.481 e. The highest BCUT2D eigenvalue weighted by molar-refractivity contribution is 7.89. The summed E-state index contributed by atoms with van der Waals surface area (Å²) in [7, 11) is -2.59. The van der Waals surface area contributed by atoms with Crippen molar-refractivity contribution < 1.29 is 23.1 Å². The number of benzene rings is 1. The van der Waals surface area contributed by atoms with Gasteiger partial charge in [-0.25, -0.2) is 8.42 Å². The van der Waals surface area contributed by atoms with Crippen LogP contribution in [0.25, 0.3) is 10.9 Å². The second-order valence-corrected chi connectivity index (χ2v) is 12.9. The number of carboxylic acid groups (broad SMARTS) is 1. The van der Waals surface area contributed by atoms with Gasteiger partial charge in [-0.2, -0.15) is 4.31 Å². The summed E-state index contributed by atoms with van der Waals surface area (Å²) in [4.78, 5) is 29.8. The maximum atomic E-state index is 13.6. The van der Waals surface area contributed by atoms with Gasteiger partial charge in [-0.3, -0.25) is 14.6 Å². The SMILES string of the molecule is CN(C(C)(C)C(=O)NC1C2CC3CC1CC(C(=O)O)(C3)C2)S(=O)(=O)c1cccc2cccnc12. The fraction of sp³-hybridized carbons (Fsp3) is 0.560. The maximum absolute atomic E-state index is 13.6. The van der Waals surface area contributed by atoms with Crippen molar-refractivity contribution in [3.05, 3.63) is 36.5 Å². The number of para-hydroxylation sites is 1. The van der Waals surface area contributed by atoms with E-state index in [0.29, 0.717) is 29.7 Å². The van der Waals surface area contributed by atoms with Crippen molar-refractivity contribution in [3.63, 3.8) is 0 Å². The number of sulfonamides is 1. The summed E-state index contributed by atoms with van der Waals surface area (Å²) in [5.74, 6) is -0.450. The van der Waals surface area contributed by atoms with Gasteiger partial charge >= 0.3 is 5.97 Å². The van der Waals surface area contributed by atoms with Crippen LogP contribution in [0.2, 0.25) is 0 Å². The third-order valence-corrected chi connectivity index (χ3v) is 10.7. The minimum atomic E-state index is -4.02. The zero-order chi connectivity index (χ0) is 24.5. The molecule has 4 aliphatic carbocycles. The van der Waals surface area contributed by atoms with E-state index in [1.165, 1.54) is 13.1 Å². The lowest BCUT2D eigenvalue weighted by atomic mass is 9.48. The third-order valence-electron chi connectivity index (χ3n) is 8.60. The summed E-state index contributed by atoms with van der Waals surface area (Å²) >= 11 is 0. The van der Waals surface area contributed by atoms with Gasteiger partial charge in [0, 0.05) is 24.7 Å². The van der Waals surface area contributed by atoms with Gasteiger partial charge in [0.2, 0.25) is 15.9 Å². The summed E-state index contributed by atoms with van der Waals surface area (Å²) < 4.78 is 28.3. The molecule has 4 saturated carbocycles. The molecule has 2 aromatic rings. The molecule has 2 unspecified atom stereocenters. The number of pyridine rings is 1. The molecule has 1 amide bonds. The number of hydrogen-bond donors (Lipinski definition) is 2. The van der Waals surface area contributed by atoms with Gasteiger partial charge in [0.15, 0.2) is 0 Å². The zero-order valence-corrected chi connectivity index (χ0v) is 20.5. The fourth-order valence-electron chi connectivity index (χ4n) is 6.73. The van der Waals surface area contributed by atoms with Crippen LogP contribution in [-0.4, -0.2) is 53.3 Å². The molecule has 4 aliphatic rings. The largest absolute Gasteiger partial charge is 0.481 e. The van der Waals surface area contributed by atoms with Crippen molar-refractivity contribution in [1.82, 2.24) is 14.6 Å². The van der Waals surface area contributed by atoms with E-state index < -0.39 is 26.9 Å². The Hall–Kier alpha value is -2.52. The predicted molar refractivity (Wildman–Crippen MR) is 126 cm³/mol. The Morgan fingerprint density at radius 3 is 2.41 bits per heavy atom. The number of rotatable bonds is 6. The maximum Gasteiger partial charge on any atom is 0.309 e. The van der Waals surface area contributed by atoms with Crippen LogP contribution in [0.15, 0.2) is 41.4 Å². The fourth-order valence-corrected chi connectivity index (χ4v) is 8.37. The Bertz CT molecular complexity index is 1250. The average molecular weight is 486 g/mol. The quantitative estimate of drug-likeness (QED) is 0.650. The predicted octanol–water partition coefficient (Wildman–Crippen LogP) is 3.03. The van der Waals surface area contributed by atoms with E-state index in [4.69, 9.17) is 0 Å². The molecule has 4 fully saturated rings. The number of carboxylic acids is 1. The molecule has 6 rings (SSSR count). The van der Waals surface area contributed by atoms with E-state index in [0.717, 1.165) is 23.6 Å². The number of aliphatic carboxylic acids is 1. The standard InChI is InChI=1S/C25H31N3O5S/c1-24(2,28(3)34(32,33)19-8-4-6-16-7-5-9-26-21(16)19)22(29)27-20-17-10-15-11-18(20)14-25(12-15,13-17)23(30)31/h4-9,15,17-18,20H,10-14H2,1-3H3,(H,27,29)(H,30,31). The first-order valence-electron chi connectivity index (χ1n) is 11.8. The van der Waals surface area contributed by atoms with Crippen molar-refractivity contribution in [2.24, 2.45) is 23.2 Å². The van der Waals surface area contributed by atoms with E-state index >= 15 is 0 Å². The Labute approximate surface area is 199 Å². The third kappa shape index (κ3) is 3.43. The molecule has 9 heteroatoms. The normalized spacial score (nSPS) is 30.6. The van der Waals surface area contributed by atoms with Gasteiger partial charge in [-0.05, 0) is 75.8 Å². The zero-order valence-electron chi connectivity index (χ0n) is 19.7. The summed E-state index contributed by atoms with van der Waals surface area (Å²) in [6.45, 7) is 3.21. The molecule has 1 aromatic heterocycles. The molecule has 0 saturated heterocycles. The number of amides is 1. The van der Waals surface area contributed by atoms with Gasteiger partial charge in [0.25, 0.3) is 0 Å². The first-order valence-corrected chi connectivity index (χ1v) is 13.3. The molecule has 0 aliphatic heterocycles. The van der Waals surface area contributed by atoms with Crippen LogP contribution >= 0.6 is 0 Å². The summed E-state index contributed by atoms with van der Waals surface area (Å²) in [5, 5.41) is 13.7. The molecule has 0 radical (unpaired) electrons. The lowest BCUT2D eigenvalue weighted by Gasteiger charge is -2.58. The molecule has 34 heavy (non-hydrogen) atoms. The molecule has 0 spiro atoms. The Morgan fingerprint density at radius 1 is 1.12 bits per heavy atom. The first-order chi connectivity index (χ1) is 16.0. The average Bonchev–Trinajstić information content (AvgIpc) is 2.79. The molecule has 2 N–H and O–H groups in total. The van der Waals surface area contributed by atoms with Crippen LogP contribution in [0.4, 0.5) is 0 Å². The van der Waals surface area contributed by atoms with Gasteiger partial charge in [-0.15, -0.1) is 0 Å². The second kappa shape index (κ2) is 7.75. The smallest absolute Gasteiger partial charge is 0.309 e. The lowest BCUT2D eigenvalue weighted by molar-refractivity contribution is -0.168. The molecular weight excluding hydrogens is 454 g/mol. The van der Waals surface area contributed by atoms with Crippen LogP contribution in [0.5, 0.6) is 0 Å². The number of nitrogens with one attached hydrogen (secondary N) is 1. The van der Waals surface area contributed by atoms with Gasteiger partial charge in [0.05, 0.1) is 10.9 Å². The summed E-state index contributed by atoms with van der Waals surface area (Å²) in [6.07, 6.45) is 5.30. The van der Waals surface area contributed by atoms with E-state index in [9.17, 15) is 23.1 Å². The van der Waals surface area contributed by atoms with Crippen molar-refractivity contribution in [1.29, 1.82) is 0 Å². The molecule has 1 aromatic carbocycles. The highest BCUT2D eigenvalue weighted by Crippen LogP contribution is 2.60. The Morgan fingerprint density at radius 2 is 1.76 bits per heavy atom. The Balaban J connectivity index is 1.39. The minimum absolute atomic E-state index is 0.0620. The van der Waals surface area contributed by atoms with Crippen molar-refractivity contribution in [2.45, 2.75) is 62.4 Å². The first kappa shape index (κ1) is 23.2. The van der Waals surface area contributed by atoms with Gasteiger partial charge < -0.3 is 10.4 Å². The monoisotopic (exact) mass is 485 g/mol. The molecule has 2 atom stereocenters. The highest BCUT2D eigenvalue weighted by atomic mass is 32.2. The van der Waals surface area contributed by atoms with Crippen LogP contribution < -0.4 is 5.32 Å². The van der Waals surface area contributed by atoms with Gasteiger partial charge in [0.1, 0.15) is 10.4 Å². The van der Waals surface area contributed by atoms with Crippen molar-refractivity contribution in [2.75, 3.05) is 7.05 Å². The lowest BCUT2D eigenvalue weighted by Crippen LogP contribution is -2.64. The number of fused-ring (bicyclic) bond motifs is 1. The number of likely N-dealkylation sites (N-methyl/N-ethyl adjacent to an activating group) is 1. The van der Waals surface area contributed by atoms with Crippen LogP contribution in [0.1, 0.15) is 46.0 Å². The Kier molecular flexibility index (Phi) is 5.29. The highest BCUT2D eigenvalue weighted by Gasteiger charge is 2.59. The van der Waals surface area contributed by atoms with E-state index in [-0.39, 0.29) is 28.7 Å². The van der Waals surface area contributed by atoms with Crippen LogP contribution in [0.3, 0.4) is 0 Å². The number of nitrogens with zero attached hydrogens (tertiary/aromatic N) is 2. The van der Waals surface area contributed by atoms with Crippen LogP contribution in [0, 0.1) is 23.2 Å². The molecule has 1 heterocycles. The molecular formula is C25H31N3O5S. The van der Waals surface area contributed by atoms with Gasteiger partial charge in [-0.1, -0.05) is 18.2 Å². The van der Waals surface area contributed by atoms with Crippen molar-refractivity contribution in [3.8, 4) is 0 Å². The molecule has 4 bridgehead atoms. The summed E-state index contributed by atoms with van der Waals surface area (Å²) in [6, 6.07) is 8.42. The molecule has 8 nitrogen and oxygen atoms in total. The number of aromatic nitrogens is 1. The molecule has 182 valence electrons. The van der Waals surface area contributed by atoms with Crippen LogP contribution in [-0.2, 0) is 19.6 Å². The number of hydrogen-bond acceptors (Lipinski definition) is 5. The van der Waals surface area contributed by atoms with E-state index in [1.807, 2.05) is 0 Å². The second-order valence-electron chi connectivity index (χ2n) is 10.9. The summed E-state index contributed by atoms with van der Waals surface area (Å²) in [5.41, 5.74) is -1.64. The van der Waals surface area contributed by atoms with E-state index in [1.54, 1.807) is 44.3 Å².